The van der Waals surface area contributed by atoms with Crippen LogP contribution in [0, 0.1) is 11.8 Å². The first-order valence-corrected chi connectivity index (χ1v) is 14.8. The van der Waals surface area contributed by atoms with Gasteiger partial charge < -0.3 is 26.8 Å². The summed E-state index contributed by atoms with van der Waals surface area (Å²) in [5, 5.41) is 6.15. The lowest BCUT2D eigenvalue weighted by Gasteiger charge is -2.28. The number of nitrogen functional groups attached to an aromatic ring is 1. The highest BCUT2D eigenvalue weighted by Gasteiger charge is 2.29. The average molecular weight is 537 g/mol. The summed E-state index contributed by atoms with van der Waals surface area (Å²) in [7, 11) is 0. The van der Waals surface area contributed by atoms with Gasteiger partial charge in [-0.05, 0) is 80.0 Å². The molecule has 7 nitrogen and oxygen atoms in total. The minimum absolute atomic E-state index is 0.0210. The minimum atomic E-state index is -0.608. The van der Waals surface area contributed by atoms with Gasteiger partial charge in [-0.2, -0.15) is 0 Å². The fourth-order valence-electron chi connectivity index (χ4n) is 5.21. The first-order valence-electron chi connectivity index (χ1n) is 14.8. The summed E-state index contributed by atoms with van der Waals surface area (Å²) in [5.74, 6) is 1.06. The number of carbonyl (C=O) groups is 2. The standard InChI is InChI=1S/C32H48N4O3/c1-2-3-4-5-6-7-19-35-32(38)30(36-31(37)27-15-11-25(22-33)12-16-27)21-24-13-17-29(18-14-24)39-23-26-9-8-10-28(34)20-26/h8-10,13-14,17-18,20,25,27,30H,2-7,11-12,15-16,19,21-23,33-34H2,1H3,(H,35,38)(H,36,37)/t25?,27?,30-/m0/s1. The van der Waals surface area contributed by atoms with Crippen LogP contribution in [0.1, 0.15) is 82.3 Å². The summed E-state index contributed by atoms with van der Waals surface area (Å²) in [6.45, 7) is 3.95. The van der Waals surface area contributed by atoms with Gasteiger partial charge in [0.05, 0.1) is 0 Å². The summed E-state index contributed by atoms with van der Waals surface area (Å²) < 4.78 is 5.90. The Balaban J connectivity index is 1.55. The molecule has 0 spiro atoms. The third kappa shape index (κ3) is 10.9. The molecule has 1 aliphatic rings. The maximum absolute atomic E-state index is 13.2. The average Bonchev–Trinajstić information content (AvgIpc) is 2.96. The SMILES string of the molecule is CCCCCCCCNC(=O)[C@H](Cc1ccc(OCc2cccc(N)c2)cc1)NC(=O)C1CCC(CN)CC1. The van der Waals surface area contributed by atoms with E-state index >= 15 is 0 Å². The lowest BCUT2D eigenvalue weighted by atomic mass is 9.81. The molecular weight excluding hydrogens is 488 g/mol. The van der Waals surface area contributed by atoms with Crippen LogP contribution in [-0.4, -0.2) is 30.9 Å². The molecule has 39 heavy (non-hydrogen) atoms. The monoisotopic (exact) mass is 536 g/mol. The number of hydrogen-bond donors (Lipinski definition) is 4. The molecule has 2 amide bonds. The summed E-state index contributed by atoms with van der Waals surface area (Å²) in [6.07, 6.45) is 11.0. The van der Waals surface area contributed by atoms with Gasteiger partial charge in [0.1, 0.15) is 18.4 Å². The number of hydrogen-bond acceptors (Lipinski definition) is 5. The van der Waals surface area contributed by atoms with Crippen molar-refractivity contribution in [1.29, 1.82) is 0 Å². The highest BCUT2D eigenvalue weighted by atomic mass is 16.5. The molecule has 6 N–H and O–H groups in total. The lowest BCUT2D eigenvalue weighted by Crippen LogP contribution is -2.50. The van der Waals surface area contributed by atoms with Gasteiger partial charge in [-0.25, -0.2) is 0 Å². The molecule has 0 heterocycles. The van der Waals surface area contributed by atoms with E-state index in [4.69, 9.17) is 16.2 Å². The van der Waals surface area contributed by atoms with Crippen molar-refractivity contribution in [2.75, 3.05) is 18.8 Å². The van der Waals surface area contributed by atoms with Crippen molar-refractivity contribution in [3.63, 3.8) is 0 Å². The van der Waals surface area contributed by atoms with E-state index in [1.165, 1.54) is 25.7 Å². The van der Waals surface area contributed by atoms with E-state index in [1.54, 1.807) is 0 Å². The van der Waals surface area contributed by atoms with Gasteiger partial charge in [0.25, 0.3) is 0 Å². The van der Waals surface area contributed by atoms with Gasteiger partial charge in [-0.3, -0.25) is 9.59 Å². The van der Waals surface area contributed by atoms with Gasteiger partial charge in [0, 0.05) is 24.6 Å². The Morgan fingerprint density at radius 2 is 1.67 bits per heavy atom. The molecule has 214 valence electrons. The maximum atomic E-state index is 13.2. The Morgan fingerprint density at radius 1 is 0.949 bits per heavy atom. The zero-order chi connectivity index (χ0) is 27.9. The van der Waals surface area contributed by atoms with E-state index in [9.17, 15) is 9.59 Å². The third-order valence-electron chi connectivity index (χ3n) is 7.73. The number of anilines is 1. The minimum Gasteiger partial charge on any atom is -0.489 e. The summed E-state index contributed by atoms with van der Waals surface area (Å²) >= 11 is 0. The molecule has 3 rings (SSSR count). The van der Waals surface area contributed by atoms with Crippen LogP contribution in [0.4, 0.5) is 5.69 Å². The van der Waals surface area contributed by atoms with Crippen molar-refractivity contribution < 1.29 is 14.3 Å². The van der Waals surface area contributed by atoms with E-state index in [-0.39, 0.29) is 17.7 Å². The van der Waals surface area contributed by atoms with Crippen molar-refractivity contribution in [3.8, 4) is 5.75 Å². The normalized spacial score (nSPS) is 17.8. The lowest BCUT2D eigenvalue weighted by molar-refractivity contribution is -0.131. The fourth-order valence-corrected chi connectivity index (χ4v) is 5.21. The number of carbonyl (C=O) groups excluding carboxylic acids is 2. The highest BCUT2D eigenvalue weighted by Crippen LogP contribution is 2.28. The molecule has 1 atom stereocenters. The fraction of sp³-hybridized carbons (Fsp3) is 0.562. The van der Waals surface area contributed by atoms with Crippen molar-refractivity contribution >= 4 is 17.5 Å². The summed E-state index contributed by atoms with van der Waals surface area (Å²) in [6, 6.07) is 14.8. The summed E-state index contributed by atoms with van der Waals surface area (Å²) in [5.41, 5.74) is 14.4. The maximum Gasteiger partial charge on any atom is 0.242 e. The summed E-state index contributed by atoms with van der Waals surface area (Å²) in [4.78, 5) is 26.3. The van der Waals surface area contributed by atoms with Crippen molar-refractivity contribution in [2.24, 2.45) is 17.6 Å². The van der Waals surface area contributed by atoms with Crippen molar-refractivity contribution in [3.05, 3.63) is 59.7 Å². The molecular formula is C32H48N4O3. The molecule has 0 unspecified atom stereocenters. The number of benzene rings is 2. The predicted octanol–water partition coefficient (Wildman–Crippen LogP) is 5.12. The topological polar surface area (TPSA) is 119 Å². The van der Waals surface area contributed by atoms with Crippen LogP contribution in [0.25, 0.3) is 0 Å². The highest BCUT2D eigenvalue weighted by molar-refractivity contribution is 5.88. The largest absolute Gasteiger partial charge is 0.489 e. The molecule has 2 aromatic rings. The number of unbranched alkanes of at least 4 members (excludes halogenated alkanes) is 5. The number of nitrogens with two attached hydrogens (primary N) is 2. The van der Waals surface area contributed by atoms with Crippen LogP contribution < -0.4 is 26.8 Å². The molecule has 0 aromatic heterocycles. The predicted molar refractivity (Wildman–Crippen MR) is 158 cm³/mol. The number of rotatable bonds is 16. The Bertz CT molecular complexity index is 1000. The Kier molecular flexibility index (Phi) is 13.1. The van der Waals surface area contributed by atoms with Crippen LogP contribution in [-0.2, 0) is 22.6 Å². The van der Waals surface area contributed by atoms with Crippen molar-refractivity contribution in [1.82, 2.24) is 10.6 Å². The van der Waals surface area contributed by atoms with Gasteiger partial charge in [-0.1, -0.05) is 63.3 Å². The van der Waals surface area contributed by atoms with E-state index in [2.05, 4.69) is 17.6 Å². The molecule has 1 fully saturated rings. The van der Waals surface area contributed by atoms with Crippen LogP contribution in [0.5, 0.6) is 5.75 Å². The van der Waals surface area contributed by atoms with E-state index < -0.39 is 6.04 Å². The second-order valence-electron chi connectivity index (χ2n) is 11.0. The Morgan fingerprint density at radius 3 is 2.36 bits per heavy atom. The van der Waals surface area contributed by atoms with Crippen LogP contribution >= 0.6 is 0 Å². The Labute approximate surface area is 234 Å². The molecule has 0 radical (unpaired) electrons. The first-order chi connectivity index (χ1) is 19.0. The molecule has 7 heteroatoms. The quantitative estimate of drug-likeness (QED) is 0.175. The smallest absolute Gasteiger partial charge is 0.242 e. The zero-order valence-electron chi connectivity index (χ0n) is 23.6. The Hall–Kier alpha value is -3.06. The van der Waals surface area contributed by atoms with Gasteiger partial charge in [0.2, 0.25) is 11.8 Å². The zero-order valence-corrected chi connectivity index (χ0v) is 23.6. The molecule has 1 aliphatic carbocycles. The molecule has 0 saturated heterocycles. The van der Waals surface area contributed by atoms with Gasteiger partial charge in [-0.15, -0.1) is 0 Å². The van der Waals surface area contributed by atoms with Crippen molar-refractivity contribution in [2.45, 2.75) is 90.2 Å². The second kappa shape index (κ2) is 16.8. The van der Waals surface area contributed by atoms with Gasteiger partial charge >= 0.3 is 0 Å². The molecule has 1 saturated carbocycles. The molecule has 0 bridgehead atoms. The van der Waals surface area contributed by atoms with Crippen LogP contribution in [0.2, 0.25) is 0 Å². The third-order valence-corrected chi connectivity index (χ3v) is 7.73. The van der Waals surface area contributed by atoms with Crippen LogP contribution in [0.15, 0.2) is 48.5 Å². The molecule has 2 aromatic carbocycles. The van der Waals surface area contributed by atoms with E-state index in [0.717, 1.165) is 55.4 Å². The van der Waals surface area contributed by atoms with Crippen LogP contribution in [0.3, 0.4) is 0 Å². The molecule has 0 aliphatic heterocycles. The van der Waals surface area contributed by atoms with E-state index in [0.29, 0.717) is 37.7 Å². The van der Waals surface area contributed by atoms with E-state index in [1.807, 2.05) is 48.5 Å². The number of amides is 2. The number of ether oxygens (including phenoxy) is 1. The first kappa shape index (κ1) is 30.5. The second-order valence-corrected chi connectivity index (χ2v) is 11.0. The number of nitrogens with one attached hydrogen (secondary N) is 2. The van der Waals surface area contributed by atoms with Gasteiger partial charge in [0.15, 0.2) is 0 Å².